The molecule has 4 nitrogen and oxygen atoms in total. The summed E-state index contributed by atoms with van der Waals surface area (Å²) in [7, 11) is 0. The van der Waals surface area contributed by atoms with E-state index >= 15 is 0 Å². The Morgan fingerprint density at radius 1 is 1.50 bits per heavy atom. The van der Waals surface area contributed by atoms with Gasteiger partial charge in [0.25, 0.3) is 0 Å². The molecule has 0 spiro atoms. The molecule has 1 rings (SSSR count). The van der Waals surface area contributed by atoms with E-state index in [1.165, 1.54) is 0 Å². The number of nitrogens with two attached hydrogens (primary N) is 1. The number of aliphatic carboxylic acids is 1. The van der Waals surface area contributed by atoms with Gasteiger partial charge in [-0.05, 0) is 46.9 Å². The zero-order chi connectivity index (χ0) is 10.6. The highest BCUT2D eigenvalue weighted by Crippen LogP contribution is 2.13. The molecule has 0 aliphatic heterocycles. The molecule has 0 radical (unpaired) electrons. The van der Waals surface area contributed by atoms with Crippen molar-refractivity contribution in [2.24, 2.45) is 5.73 Å². The van der Waals surface area contributed by atoms with Gasteiger partial charge in [-0.25, -0.2) is 0 Å². The number of benzene rings is 1. The van der Waals surface area contributed by atoms with Crippen LogP contribution in [0, 0.1) is 3.57 Å². The normalized spacial score (nSPS) is 12.1. The van der Waals surface area contributed by atoms with E-state index in [4.69, 9.17) is 15.6 Å². The highest BCUT2D eigenvalue weighted by atomic mass is 127. The molecule has 76 valence electrons. The van der Waals surface area contributed by atoms with Crippen LogP contribution in [0.3, 0.4) is 0 Å². The number of ether oxygens (including phenoxy) is 1. The fraction of sp³-hybridized carbons (Fsp3) is 0.222. The van der Waals surface area contributed by atoms with Crippen molar-refractivity contribution in [3.63, 3.8) is 0 Å². The topological polar surface area (TPSA) is 72.5 Å². The fourth-order valence-electron chi connectivity index (χ4n) is 0.788. The molecule has 0 saturated carbocycles. The van der Waals surface area contributed by atoms with Gasteiger partial charge in [-0.3, -0.25) is 4.79 Å². The van der Waals surface area contributed by atoms with Crippen molar-refractivity contribution in [3.05, 3.63) is 27.8 Å². The summed E-state index contributed by atoms with van der Waals surface area (Å²) in [6, 6.07) is 6.33. The number of carbonyl (C=O) groups is 1. The molecule has 0 amide bonds. The highest BCUT2D eigenvalue weighted by Gasteiger charge is 2.11. The molecule has 0 bridgehead atoms. The lowest BCUT2D eigenvalue weighted by Crippen LogP contribution is -2.36. The minimum atomic E-state index is -1.06. The standard InChI is InChI=1S/C9H10INO3/c10-6-1-3-7(4-2-6)14-5-8(11)9(12)13/h1-4,8H,5,11H2,(H,12,13)/t8-/m0/s1. The van der Waals surface area contributed by atoms with Crippen LogP contribution >= 0.6 is 22.6 Å². The highest BCUT2D eigenvalue weighted by molar-refractivity contribution is 14.1. The Kier molecular flexibility index (Phi) is 4.15. The van der Waals surface area contributed by atoms with Gasteiger partial charge in [0.05, 0.1) is 0 Å². The second-order valence-corrected chi connectivity index (χ2v) is 3.96. The van der Waals surface area contributed by atoms with Crippen LogP contribution in [0.2, 0.25) is 0 Å². The van der Waals surface area contributed by atoms with E-state index in [0.717, 1.165) is 3.57 Å². The monoisotopic (exact) mass is 307 g/mol. The molecule has 1 atom stereocenters. The number of hydrogen-bond donors (Lipinski definition) is 2. The maximum absolute atomic E-state index is 10.4. The molecule has 1 aromatic carbocycles. The van der Waals surface area contributed by atoms with Gasteiger partial charge in [-0.2, -0.15) is 0 Å². The molecular weight excluding hydrogens is 297 g/mol. The summed E-state index contributed by atoms with van der Waals surface area (Å²) < 4.78 is 6.27. The van der Waals surface area contributed by atoms with E-state index in [1.807, 2.05) is 12.1 Å². The zero-order valence-corrected chi connectivity index (χ0v) is 9.47. The van der Waals surface area contributed by atoms with Crippen LogP contribution in [0.5, 0.6) is 5.75 Å². The first kappa shape index (κ1) is 11.3. The zero-order valence-electron chi connectivity index (χ0n) is 7.31. The Labute approximate surface area is 95.2 Å². The van der Waals surface area contributed by atoms with Crippen LogP contribution in [0.4, 0.5) is 0 Å². The van der Waals surface area contributed by atoms with Gasteiger partial charge in [-0.15, -0.1) is 0 Å². The lowest BCUT2D eigenvalue weighted by molar-refractivity contribution is -0.139. The molecule has 3 N–H and O–H groups in total. The quantitative estimate of drug-likeness (QED) is 0.817. The third-order valence-electron chi connectivity index (χ3n) is 1.56. The lowest BCUT2D eigenvalue weighted by atomic mass is 10.3. The van der Waals surface area contributed by atoms with Crippen LogP contribution in [0.25, 0.3) is 0 Å². The van der Waals surface area contributed by atoms with Crippen LogP contribution in [0.1, 0.15) is 0 Å². The Bertz CT molecular complexity index is 312. The summed E-state index contributed by atoms with van der Waals surface area (Å²) in [6.07, 6.45) is 0. The maximum Gasteiger partial charge on any atom is 0.324 e. The summed E-state index contributed by atoms with van der Waals surface area (Å²) >= 11 is 2.17. The summed E-state index contributed by atoms with van der Waals surface area (Å²) in [5.41, 5.74) is 5.27. The molecule has 0 aliphatic carbocycles. The first-order chi connectivity index (χ1) is 6.59. The Hall–Kier alpha value is -0.820. The van der Waals surface area contributed by atoms with Gasteiger partial charge < -0.3 is 15.6 Å². The van der Waals surface area contributed by atoms with Crippen molar-refractivity contribution in [2.45, 2.75) is 6.04 Å². The second kappa shape index (κ2) is 5.16. The molecule has 14 heavy (non-hydrogen) atoms. The number of hydrogen-bond acceptors (Lipinski definition) is 3. The Morgan fingerprint density at radius 2 is 2.07 bits per heavy atom. The number of halogens is 1. The molecule has 0 saturated heterocycles. The number of carboxylic acids is 1. The van der Waals surface area contributed by atoms with E-state index in [0.29, 0.717) is 5.75 Å². The van der Waals surface area contributed by atoms with Gasteiger partial charge in [0.2, 0.25) is 0 Å². The molecule has 0 aromatic heterocycles. The second-order valence-electron chi connectivity index (χ2n) is 2.71. The molecular formula is C9H10INO3. The smallest absolute Gasteiger partial charge is 0.324 e. The predicted octanol–water partition coefficient (Wildman–Crippen LogP) is 1.08. The number of carboxylic acid groups (broad SMARTS) is 1. The average Bonchev–Trinajstić information content (AvgIpc) is 2.16. The first-order valence-corrected chi connectivity index (χ1v) is 5.04. The van der Waals surface area contributed by atoms with Crippen molar-refractivity contribution in [3.8, 4) is 5.75 Å². The van der Waals surface area contributed by atoms with Crippen LogP contribution in [-0.2, 0) is 4.79 Å². The molecule has 0 fully saturated rings. The fourth-order valence-corrected chi connectivity index (χ4v) is 1.15. The maximum atomic E-state index is 10.4. The third kappa shape index (κ3) is 3.51. The van der Waals surface area contributed by atoms with Crippen molar-refractivity contribution in [2.75, 3.05) is 6.61 Å². The van der Waals surface area contributed by atoms with E-state index in [2.05, 4.69) is 22.6 Å². The van der Waals surface area contributed by atoms with Gasteiger partial charge in [0.15, 0.2) is 0 Å². The lowest BCUT2D eigenvalue weighted by Gasteiger charge is -2.08. The average molecular weight is 307 g/mol. The van der Waals surface area contributed by atoms with E-state index in [9.17, 15) is 4.79 Å². The van der Waals surface area contributed by atoms with Crippen LogP contribution < -0.4 is 10.5 Å². The van der Waals surface area contributed by atoms with Crippen LogP contribution in [0.15, 0.2) is 24.3 Å². The van der Waals surface area contributed by atoms with Crippen molar-refractivity contribution >= 4 is 28.6 Å². The molecule has 5 heteroatoms. The van der Waals surface area contributed by atoms with Crippen molar-refractivity contribution < 1.29 is 14.6 Å². The van der Waals surface area contributed by atoms with Gasteiger partial charge >= 0.3 is 5.97 Å². The van der Waals surface area contributed by atoms with Crippen molar-refractivity contribution in [1.82, 2.24) is 0 Å². The van der Waals surface area contributed by atoms with Crippen LogP contribution in [-0.4, -0.2) is 23.7 Å². The van der Waals surface area contributed by atoms with Gasteiger partial charge in [0.1, 0.15) is 18.4 Å². The number of rotatable bonds is 4. The Balaban J connectivity index is 2.46. The van der Waals surface area contributed by atoms with E-state index in [-0.39, 0.29) is 6.61 Å². The SMILES string of the molecule is N[C@@H](COc1ccc(I)cc1)C(=O)O. The summed E-state index contributed by atoms with van der Waals surface area (Å²) in [5.74, 6) is -0.433. The summed E-state index contributed by atoms with van der Waals surface area (Å²) in [4.78, 5) is 10.4. The molecule has 1 aromatic rings. The van der Waals surface area contributed by atoms with Gasteiger partial charge in [-0.1, -0.05) is 0 Å². The third-order valence-corrected chi connectivity index (χ3v) is 2.28. The largest absolute Gasteiger partial charge is 0.491 e. The minimum absolute atomic E-state index is 0.0179. The molecule has 0 aliphatic rings. The van der Waals surface area contributed by atoms with Crippen molar-refractivity contribution in [1.29, 1.82) is 0 Å². The minimum Gasteiger partial charge on any atom is -0.491 e. The summed E-state index contributed by atoms with van der Waals surface area (Å²) in [5, 5.41) is 8.50. The molecule has 0 heterocycles. The summed E-state index contributed by atoms with van der Waals surface area (Å²) in [6.45, 7) is -0.0179. The van der Waals surface area contributed by atoms with Gasteiger partial charge in [0, 0.05) is 3.57 Å². The Morgan fingerprint density at radius 3 is 2.57 bits per heavy atom. The molecule has 0 unspecified atom stereocenters. The first-order valence-electron chi connectivity index (χ1n) is 3.96. The van der Waals surface area contributed by atoms with E-state index in [1.54, 1.807) is 12.1 Å². The predicted molar refractivity (Wildman–Crippen MR) is 60.3 cm³/mol. The van der Waals surface area contributed by atoms with E-state index < -0.39 is 12.0 Å².